The van der Waals surface area contributed by atoms with Gasteiger partial charge < -0.3 is 0 Å². The van der Waals surface area contributed by atoms with E-state index in [4.69, 9.17) is 6.85 Å². The molecule has 104 heavy (non-hydrogen) atoms. The molecule has 0 aliphatic heterocycles. The molecule has 12 aromatic rings. The number of aryl methyl sites for hydroxylation is 8. The number of benzene rings is 8. The SMILES string of the molecule is Cc1cc2c(cc1-c1cccc[n+]1C)-c1ccc(C(C)C)cc1C2(C)C.Cc1cc2c(cc1-c1cccc[n+]1C)-c1cccc(C(C)C)c1C2(C)C.[2H]C(C)(C)c1ccc2c(c1)-c1cc(-c3cccc[n+]3C)c(C)cc1C2(C)C.[2H]C([2H])([2H])C([2H])(C)c1cccc2c1-c1cc(-c3cccc[n+]3C)c(C)cc1C2(C)C. The lowest BCUT2D eigenvalue weighted by Gasteiger charge is -2.26. The third kappa shape index (κ3) is 12.5. The molecule has 4 aliphatic rings. The van der Waals surface area contributed by atoms with Crippen molar-refractivity contribution in [3.8, 4) is 89.5 Å². The molecule has 0 saturated heterocycles. The summed E-state index contributed by atoms with van der Waals surface area (Å²) in [5, 5.41) is 0. The van der Waals surface area contributed by atoms with Crippen molar-refractivity contribution in [2.75, 3.05) is 0 Å². The fourth-order valence-corrected chi connectivity index (χ4v) is 17.6. The first-order chi connectivity index (χ1) is 51.1. The highest BCUT2D eigenvalue weighted by Crippen LogP contribution is 2.56. The second-order valence-corrected chi connectivity index (χ2v) is 33.1. The van der Waals surface area contributed by atoms with E-state index in [-0.39, 0.29) is 21.7 Å². The number of hydrogen-bond donors (Lipinski definition) is 0. The summed E-state index contributed by atoms with van der Waals surface area (Å²) in [7, 11) is 8.37. The van der Waals surface area contributed by atoms with Gasteiger partial charge in [0.15, 0.2) is 24.8 Å². The Hall–Kier alpha value is -9.64. The first-order valence-corrected chi connectivity index (χ1v) is 37.6. The van der Waals surface area contributed by atoms with E-state index in [0.717, 1.165) is 33.5 Å². The van der Waals surface area contributed by atoms with Crippen LogP contribution in [0.2, 0.25) is 0 Å². The van der Waals surface area contributed by atoms with Gasteiger partial charge in [-0.2, -0.15) is 0 Å². The van der Waals surface area contributed by atoms with Crippen molar-refractivity contribution in [2.24, 2.45) is 28.2 Å². The van der Waals surface area contributed by atoms with E-state index in [9.17, 15) is 0 Å². The van der Waals surface area contributed by atoms with Crippen molar-refractivity contribution in [1.29, 1.82) is 0 Å². The molecule has 4 heterocycles. The number of nitrogens with zero attached hydrogens (tertiary/aromatic N) is 4. The van der Waals surface area contributed by atoms with Crippen LogP contribution in [0.15, 0.2) is 219 Å². The first kappa shape index (κ1) is 66.3. The molecule has 4 aliphatic carbocycles. The second-order valence-electron chi connectivity index (χ2n) is 33.1. The third-order valence-corrected chi connectivity index (χ3v) is 23.8. The van der Waals surface area contributed by atoms with Crippen molar-refractivity contribution >= 4 is 0 Å². The molecule has 0 amide bonds. The Bertz CT molecular complexity index is 5610. The fourth-order valence-electron chi connectivity index (χ4n) is 17.6. The van der Waals surface area contributed by atoms with Crippen molar-refractivity contribution in [3.05, 3.63) is 308 Å². The quantitative estimate of drug-likeness (QED) is 0.135. The number of rotatable bonds is 8. The Morgan fingerprint density at radius 2 is 0.663 bits per heavy atom. The number of aromatic nitrogens is 4. The largest absolute Gasteiger partial charge is 0.212 e. The highest BCUT2D eigenvalue weighted by Gasteiger charge is 2.42. The van der Waals surface area contributed by atoms with Gasteiger partial charge in [0.25, 0.3) is 0 Å². The smallest absolute Gasteiger partial charge is 0.201 e. The Kier molecular flexibility index (Phi) is 17.5. The van der Waals surface area contributed by atoms with Crippen LogP contribution in [-0.2, 0) is 49.9 Å². The molecule has 0 bridgehead atoms. The van der Waals surface area contributed by atoms with Gasteiger partial charge in [0.05, 0.1) is 0 Å². The average Bonchev–Trinajstić information content (AvgIpc) is 1.68. The standard InChI is InChI=1S/4C25H28N/c1-16(2)18-10-9-11-21-24(18)20-15-19(23-12-7-8-13-26(23)6)17(3)14-22(20)25(21,4)5;1-16(2)18-10-9-11-19-21-15-20(23-12-7-8-13-26(23)6)17(3)14-22(21)25(4,5)24(18)19;1-16(2)18-10-11-22-20(14-18)21-15-19(24-9-7-8-12-26(24)6)17(3)13-23(21)25(22,4)5;1-16(2)18-10-11-19-21-15-20(24-9-7-8-12-26(24)6)17(3)13-22(21)25(4,5)23(19)14-18/h4*7-16H,1-6H3/q4*+1/i1D3,16D;;16D;. The topological polar surface area (TPSA) is 15.5 Å². The molecule has 0 saturated carbocycles. The maximum Gasteiger partial charge on any atom is 0.212 e. The van der Waals surface area contributed by atoms with Crippen LogP contribution in [0.4, 0.5) is 0 Å². The van der Waals surface area contributed by atoms with Gasteiger partial charge in [-0.1, -0.05) is 208 Å². The zero-order valence-corrected chi connectivity index (χ0v) is 66.2. The predicted molar refractivity (Wildman–Crippen MR) is 438 cm³/mol. The molecule has 528 valence electrons. The molecule has 0 spiro atoms. The van der Waals surface area contributed by atoms with Gasteiger partial charge in [-0.25, -0.2) is 18.3 Å². The second kappa shape index (κ2) is 27.4. The zero-order chi connectivity index (χ0) is 78.9. The lowest BCUT2D eigenvalue weighted by atomic mass is 9.77. The maximum atomic E-state index is 8.79. The molecule has 8 aromatic carbocycles. The molecular formula is C100H112N4+4. The summed E-state index contributed by atoms with van der Waals surface area (Å²) in [6.45, 7) is 39.4. The summed E-state index contributed by atoms with van der Waals surface area (Å²) in [6.07, 6.45) is 8.37. The van der Waals surface area contributed by atoms with E-state index in [1.165, 1.54) is 146 Å². The summed E-state index contributed by atoms with van der Waals surface area (Å²) in [5.74, 6) is -1.20. The van der Waals surface area contributed by atoms with Crippen molar-refractivity contribution in [3.63, 3.8) is 0 Å². The average molecular weight is 1380 g/mol. The van der Waals surface area contributed by atoms with Gasteiger partial charge in [-0.3, -0.25) is 0 Å². The maximum absolute atomic E-state index is 8.79. The lowest BCUT2D eigenvalue weighted by molar-refractivity contribution is -0.660. The number of fused-ring (bicyclic) bond motifs is 12. The molecule has 4 aromatic heterocycles. The van der Waals surface area contributed by atoms with Crippen LogP contribution in [0.1, 0.15) is 230 Å². The van der Waals surface area contributed by atoms with Gasteiger partial charge in [0.1, 0.15) is 28.2 Å². The first-order valence-electron chi connectivity index (χ1n) is 40.1. The summed E-state index contributed by atoms with van der Waals surface area (Å²) in [4.78, 5) is 0. The Labute approximate surface area is 630 Å². The summed E-state index contributed by atoms with van der Waals surface area (Å²) < 4.78 is 49.9. The van der Waals surface area contributed by atoms with E-state index in [2.05, 4.69) is 339 Å². The van der Waals surface area contributed by atoms with Gasteiger partial charge in [-0.15, -0.1) is 0 Å². The molecule has 1 atom stereocenters. The zero-order valence-electron chi connectivity index (χ0n) is 71.2. The van der Waals surface area contributed by atoms with Crippen LogP contribution in [0.5, 0.6) is 0 Å². The van der Waals surface area contributed by atoms with E-state index >= 15 is 0 Å². The normalized spacial score (nSPS) is 15.9. The number of pyridine rings is 4. The fraction of sp³-hybridized carbons (Fsp3) is 0.320. The predicted octanol–water partition coefficient (Wildman–Crippen LogP) is 23.7. The molecular weight excluding hydrogens is 1260 g/mol. The summed E-state index contributed by atoms with van der Waals surface area (Å²) in [6, 6.07) is 70.4. The molecule has 4 nitrogen and oxygen atoms in total. The Balaban J connectivity index is 0.000000128. The highest BCUT2D eigenvalue weighted by molar-refractivity contribution is 5.90. The van der Waals surface area contributed by atoms with Crippen LogP contribution in [0, 0.1) is 27.7 Å². The van der Waals surface area contributed by atoms with Gasteiger partial charge >= 0.3 is 0 Å². The van der Waals surface area contributed by atoms with Crippen LogP contribution in [-0.4, -0.2) is 0 Å². The van der Waals surface area contributed by atoms with Crippen molar-refractivity contribution in [2.45, 2.75) is 184 Å². The minimum absolute atomic E-state index is 0.0163. The molecule has 0 N–H and O–H groups in total. The summed E-state index contributed by atoms with van der Waals surface area (Å²) in [5.41, 5.74) is 40.5. The van der Waals surface area contributed by atoms with E-state index in [1.807, 2.05) is 51.4 Å². The summed E-state index contributed by atoms with van der Waals surface area (Å²) >= 11 is 0. The minimum atomic E-state index is -2.42. The molecule has 0 radical (unpaired) electrons. The molecule has 0 fully saturated rings. The van der Waals surface area contributed by atoms with Crippen LogP contribution in [0.3, 0.4) is 0 Å². The van der Waals surface area contributed by atoms with Gasteiger partial charge in [0, 0.05) is 99.3 Å². The van der Waals surface area contributed by atoms with E-state index < -0.39 is 18.6 Å². The highest BCUT2D eigenvalue weighted by atomic mass is 14.9. The number of hydrogen-bond acceptors (Lipinski definition) is 0. The Morgan fingerprint density at radius 1 is 0.288 bits per heavy atom. The lowest BCUT2D eigenvalue weighted by Crippen LogP contribution is -2.30. The molecule has 4 heteroatoms. The van der Waals surface area contributed by atoms with Crippen molar-refractivity contribution in [1.82, 2.24) is 0 Å². The molecule has 16 rings (SSSR count). The monoisotopic (exact) mass is 1370 g/mol. The molecule has 1 unspecified atom stereocenters. The van der Waals surface area contributed by atoms with Crippen molar-refractivity contribution < 1.29 is 25.1 Å². The van der Waals surface area contributed by atoms with Gasteiger partial charge in [0.2, 0.25) is 22.8 Å². The van der Waals surface area contributed by atoms with Gasteiger partial charge in [-0.05, 0) is 233 Å². The van der Waals surface area contributed by atoms with E-state index in [1.54, 1.807) is 0 Å². The van der Waals surface area contributed by atoms with E-state index in [0.29, 0.717) is 17.4 Å². The van der Waals surface area contributed by atoms with Crippen LogP contribution in [0.25, 0.3) is 89.5 Å². The van der Waals surface area contributed by atoms with Crippen LogP contribution >= 0.6 is 0 Å². The minimum Gasteiger partial charge on any atom is -0.201 e. The third-order valence-electron chi connectivity index (χ3n) is 23.8. The Morgan fingerprint density at radius 3 is 1.11 bits per heavy atom. The van der Waals surface area contributed by atoms with Crippen LogP contribution < -0.4 is 18.3 Å².